The second kappa shape index (κ2) is 6.10. The van der Waals surface area contributed by atoms with Gasteiger partial charge >= 0.3 is 0 Å². The second-order valence-corrected chi connectivity index (χ2v) is 4.88. The van der Waals surface area contributed by atoms with E-state index >= 15 is 0 Å². The number of halogens is 2. The number of carbonyl (C=O) groups is 1. The molecule has 1 aliphatic carbocycles. The predicted molar refractivity (Wildman–Crippen MR) is 66.6 cm³/mol. The van der Waals surface area contributed by atoms with Crippen molar-refractivity contribution in [2.24, 2.45) is 0 Å². The van der Waals surface area contributed by atoms with Gasteiger partial charge in [-0.15, -0.1) is 0 Å². The predicted octanol–water partition coefficient (Wildman–Crippen LogP) is 2.52. The number of amides is 1. The Labute approximate surface area is 110 Å². The number of rotatable bonds is 3. The molecule has 0 unspecified atom stereocenters. The molecule has 2 rings (SSSR count). The molecular formula is C14H17F2NO2. The van der Waals surface area contributed by atoms with E-state index in [2.05, 4.69) is 5.32 Å². The van der Waals surface area contributed by atoms with Crippen molar-refractivity contribution in [1.82, 2.24) is 5.32 Å². The molecule has 1 saturated carbocycles. The van der Waals surface area contributed by atoms with Crippen LogP contribution in [-0.2, 0) is 6.61 Å². The van der Waals surface area contributed by atoms with Crippen molar-refractivity contribution in [3.63, 3.8) is 0 Å². The van der Waals surface area contributed by atoms with Gasteiger partial charge in [-0.1, -0.05) is 19.3 Å². The molecule has 1 aliphatic rings. The van der Waals surface area contributed by atoms with Crippen molar-refractivity contribution < 1.29 is 18.7 Å². The van der Waals surface area contributed by atoms with Crippen LogP contribution in [0.3, 0.4) is 0 Å². The number of carbonyl (C=O) groups excluding carboxylic acids is 1. The molecule has 1 aromatic rings. The molecule has 0 aliphatic heterocycles. The molecule has 1 aromatic carbocycles. The van der Waals surface area contributed by atoms with Gasteiger partial charge in [0, 0.05) is 17.2 Å². The van der Waals surface area contributed by atoms with Crippen molar-refractivity contribution in [1.29, 1.82) is 0 Å². The number of nitrogens with one attached hydrogen (secondary N) is 1. The summed E-state index contributed by atoms with van der Waals surface area (Å²) in [6.07, 6.45) is 5.12. The minimum Gasteiger partial charge on any atom is -0.391 e. The molecule has 0 spiro atoms. The van der Waals surface area contributed by atoms with E-state index in [4.69, 9.17) is 5.11 Å². The SMILES string of the molecule is O=C(NC1CCCCC1)c1cc(F)c(CO)c(F)c1. The summed E-state index contributed by atoms with van der Waals surface area (Å²) in [5.41, 5.74) is -0.452. The summed E-state index contributed by atoms with van der Waals surface area (Å²) in [5, 5.41) is 11.6. The smallest absolute Gasteiger partial charge is 0.251 e. The molecule has 19 heavy (non-hydrogen) atoms. The summed E-state index contributed by atoms with van der Waals surface area (Å²) in [6.45, 7) is -0.720. The molecule has 104 valence electrons. The van der Waals surface area contributed by atoms with Crippen LogP contribution < -0.4 is 5.32 Å². The zero-order valence-corrected chi connectivity index (χ0v) is 10.6. The maximum Gasteiger partial charge on any atom is 0.251 e. The van der Waals surface area contributed by atoms with Gasteiger partial charge in [-0.05, 0) is 25.0 Å². The first kappa shape index (κ1) is 13.9. The highest BCUT2D eigenvalue weighted by Gasteiger charge is 2.19. The number of benzene rings is 1. The second-order valence-electron chi connectivity index (χ2n) is 4.88. The van der Waals surface area contributed by atoms with Crippen LogP contribution in [0.5, 0.6) is 0 Å². The Bertz CT molecular complexity index is 448. The zero-order chi connectivity index (χ0) is 13.8. The van der Waals surface area contributed by atoms with E-state index in [9.17, 15) is 13.6 Å². The summed E-state index contributed by atoms with van der Waals surface area (Å²) < 4.78 is 26.9. The van der Waals surface area contributed by atoms with Crippen molar-refractivity contribution in [3.8, 4) is 0 Å². The monoisotopic (exact) mass is 269 g/mol. The molecule has 0 saturated heterocycles. The number of aliphatic hydroxyl groups excluding tert-OH is 1. The number of aliphatic hydroxyl groups is 1. The largest absolute Gasteiger partial charge is 0.391 e. The molecule has 2 N–H and O–H groups in total. The van der Waals surface area contributed by atoms with E-state index in [0.717, 1.165) is 37.8 Å². The molecular weight excluding hydrogens is 252 g/mol. The first-order chi connectivity index (χ1) is 9.11. The lowest BCUT2D eigenvalue weighted by molar-refractivity contribution is 0.0926. The van der Waals surface area contributed by atoms with E-state index in [0.29, 0.717) is 0 Å². The van der Waals surface area contributed by atoms with Crippen LogP contribution >= 0.6 is 0 Å². The van der Waals surface area contributed by atoms with E-state index in [1.807, 2.05) is 0 Å². The number of hydrogen-bond acceptors (Lipinski definition) is 2. The van der Waals surface area contributed by atoms with Crippen LogP contribution in [0.2, 0.25) is 0 Å². The molecule has 0 bridgehead atoms. The average molecular weight is 269 g/mol. The van der Waals surface area contributed by atoms with Gasteiger partial charge in [0.25, 0.3) is 5.91 Å². The van der Waals surface area contributed by atoms with E-state index in [1.165, 1.54) is 6.42 Å². The van der Waals surface area contributed by atoms with Crippen LogP contribution in [0.4, 0.5) is 8.78 Å². The summed E-state index contributed by atoms with van der Waals surface area (Å²) in [4.78, 5) is 11.9. The molecule has 0 radical (unpaired) electrons. The Kier molecular flexibility index (Phi) is 4.47. The van der Waals surface area contributed by atoms with Crippen molar-refractivity contribution in [2.45, 2.75) is 44.8 Å². The summed E-state index contributed by atoms with van der Waals surface area (Å²) in [6, 6.07) is 2.02. The normalized spacial score (nSPS) is 16.4. The van der Waals surface area contributed by atoms with E-state index in [-0.39, 0.29) is 11.6 Å². The minimum absolute atomic E-state index is 0.0437. The Morgan fingerprint density at radius 3 is 2.32 bits per heavy atom. The highest BCUT2D eigenvalue weighted by Crippen LogP contribution is 2.19. The molecule has 5 heteroatoms. The fourth-order valence-electron chi connectivity index (χ4n) is 2.40. The van der Waals surface area contributed by atoms with E-state index in [1.54, 1.807) is 0 Å². The molecule has 0 atom stereocenters. The van der Waals surface area contributed by atoms with Gasteiger partial charge in [-0.3, -0.25) is 4.79 Å². The third kappa shape index (κ3) is 3.29. The fraction of sp³-hybridized carbons (Fsp3) is 0.500. The lowest BCUT2D eigenvalue weighted by Crippen LogP contribution is -2.36. The van der Waals surface area contributed by atoms with Crippen molar-refractivity contribution in [2.75, 3.05) is 0 Å². The number of hydrogen-bond donors (Lipinski definition) is 2. The van der Waals surface area contributed by atoms with Gasteiger partial charge in [0.2, 0.25) is 0 Å². The first-order valence-corrected chi connectivity index (χ1v) is 6.51. The highest BCUT2D eigenvalue weighted by molar-refractivity contribution is 5.94. The Morgan fingerprint density at radius 2 is 1.79 bits per heavy atom. The Morgan fingerprint density at radius 1 is 1.21 bits per heavy atom. The van der Waals surface area contributed by atoms with Crippen molar-refractivity contribution in [3.05, 3.63) is 34.9 Å². The van der Waals surface area contributed by atoms with Gasteiger partial charge in [-0.2, -0.15) is 0 Å². The molecule has 1 fully saturated rings. The fourth-order valence-corrected chi connectivity index (χ4v) is 2.40. The van der Waals surface area contributed by atoms with Crippen LogP contribution in [-0.4, -0.2) is 17.1 Å². The third-order valence-corrected chi connectivity index (χ3v) is 3.50. The van der Waals surface area contributed by atoms with Gasteiger partial charge in [0.05, 0.1) is 6.61 Å². The molecule has 3 nitrogen and oxygen atoms in total. The minimum atomic E-state index is -0.892. The topological polar surface area (TPSA) is 49.3 Å². The summed E-state index contributed by atoms with van der Waals surface area (Å²) in [5.74, 6) is -2.25. The van der Waals surface area contributed by atoms with Gasteiger partial charge in [-0.25, -0.2) is 8.78 Å². The first-order valence-electron chi connectivity index (χ1n) is 6.51. The van der Waals surface area contributed by atoms with Crippen LogP contribution in [0.1, 0.15) is 48.0 Å². The Balaban J connectivity index is 2.10. The van der Waals surface area contributed by atoms with Crippen molar-refractivity contribution >= 4 is 5.91 Å². The van der Waals surface area contributed by atoms with Gasteiger partial charge < -0.3 is 10.4 Å². The van der Waals surface area contributed by atoms with Gasteiger partial charge in [0.15, 0.2) is 0 Å². The average Bonchev–Trinajstić information content (AvgIpc) is 2.39. The van der Waals surface area contributed by atoms with E-state index < -0.39 is 29.7 Å². The van der Waals surface area contributed by atoms with Gasteiger partial charge in [0.1, 0.15) is 11.6 Å². The molecule has 1 amide bonds. The Hall–Kier alpha value is -1.49. The molecule has 0 aromatic heterocycles. The maximum atomic E-state index is 13.5. The quantitative estimate of drug-likeness (QED) is 0.885. The third-order valence-electron chi connectivity index (χ3n) is 3.50. The zero-order valence-electron chi connectivity index (χ0n) is 10.6. The lowest BCUT2D eigenvalue weighted by atomic mass is 9.95. The lowest BCUT2D eigenvalue weighted by Gasteiger charge is -2.22. The highest BCUT2D eigenvalue weighted by atomic mass is 19.1. The summed E-state index contributed by atoms with van der Waals surface area (Å²) in [7, 11) is 0. The van der Waals surface area contributed by atoms with Crippen LogP contribution in [0.15, 0.2) is 12.1 Å². The van der Waals surface area contributed by atoms with Crippen LogP contribution in [0, 0.1) is 11.6 Å². The summed E-state index contributed by atoms with van der Waals surface area (Å²) >= 11 is 0. The molecule has 0 heterocycles. The maximum absolute atomic E-state index is 13.5. The standard InChI is InChI=1S/C14H17F2NO2/c15-12-6-9(7-13(16)11(12)8-18)14(19)17-10-4-2-1-3-5-10/h6-7,10,18H,1-5,8H2,(H,17,19). The van der Waals surface area contributed by atoms with Crippen LogP contribution in [0.25, 0.3) is 0 Å².